The highest BCUT2D eigenvalue weighted by Crippen LogP contribution is 2.38. The number of rotatable bonds is 4. The normalized spacial score (nSPS) is 12.2. The Morgan fingerprint density at radius 2 is 1.33 bits per heavy atom. The molecular weight excluding hydrogens is 589 g/mol. The van der Waals surface area contributed by atoms with Crippen LogP contribution in [0.15, 0.2) is 134 Å². The van der Waals surface area contributed by atoms with Crippen LogP contribution in [0.2, 0.25) is 0 Å². The largest absolute Gasteiger partial charge is 0.457 e. The maximum absolute atomic E-state index is 6.79. The third kappa shape index (κ3) is 4.46. The number of pyridine rings is 2. The topological polar surface area (TPSA) is 44.4 Å². The quantitative estimate of drug-likeness (QED) is 0.183. The first-order valence-electron chi connectivity index (χ1n) is 16.4. The molecule has 0 saturated carbocycles. The van der Waals surface area contributed by atoms with E-state index < -0.39 is 0 Å². The van der Waals surface area contributed by atoms with Gasteiger partial charge in [0, 0.05) is 45.6 Å². The molecule has 0 spiro atoms. The molecule has 4 heterocycles. The van der Waals surface area contributed by atoms with Crippen LogP contribution in [-0.4, -0.2) is 18.9 Å². The number of imidazole rings is 1. The average Bonchev–Trinajstić information content (AvgIpc) is 3.69. The van der Waals surface area contributed by atoms with E-state index in [4.69, 9.17) is 14.7 Å². The summed E-state index contributed by atoms with van der Waals surface area (Å²) in [4.78, 5) is 10.0. The van der Waals surface area contributed by atoms with Crippen LogP contribution >= 0.6 is 0 Å². The lowest BCUT2D eigenvalue weighted by Gasteiger charge is -2.22. The Kier molecular flexibility index (Phi) is 6.21. The zero-order valence-electron chi connectivity index (χ0n) is 27.4. The smallest absolute Gasteiger partial charge is 0.146 e. The zero-order chi connectivity index (χ0) is 32.6. The molecule has 0 aliphatic heterocycles. The van der Waals surface area contributed by atoms with Gasteiger partial charge in [-0.05, 0) is 83.4 Å². The van der Waals surface area contributed by atoms with E-state index in [1.165, 1.54) is 21.9 Å². The van der Waals surface area contributed by atoms with E-state index >= 15 is 0 Å². The van der Waals surface area contributed by atoms with Crippen LogP contribution in [-0.2, 0) is 5.41 Å². The lowest BCUT2D eigenvalue weighted by molar-refractivity contribution is 0.479. The predicted molar refractivity (Wildman–Crippen MR) is 198 cm³/mol. The molecule has 9 aromatic rings. The summed E-state index contributed by atoms with van der Waals surface area (Å²) in [5, 5.41) is 5.68. The van der Waals surface area contributed by atoms with E-state index in [1.807, 2.05) is 12.3 Å². The van der Waals surface area contributed by atoms with Crippen LogP contribution in [0.5, 0.6) is 11.5 Å². The van der Waals surface area contributed by atoms with Gasteiger partial charge in [0.2, 0.25) is 0 Å². The van der Waals surface area contributed by atoms with Crippen LogP contribution in [0.25, 0.3) is 66.2 Å². The fourth-order valence-electron chi connectivity index (χ4n) is 7.06. The van der Waals surface area contributed by atoms with E-state index in [1.54, 1.807) is 0 Å². The number of nitrogens with zero attached hydrogens (tertiary/aromatic N) is 4. The molecule has 0 fully saturated rings. The first kappa shape index (κ1) is 28.3. The van der Waals surface area contributed by atoms with Gasteiger partial charge in [-0.25, -0.2) is 9.97 Å². The van der Waals surface area contributed by atoms with E-state index in [0.29, 0.717) is 0 Å². The van der Waals surface area contributed by atoms with Crippen molar-refractivity contribution in [3.05, 3.63) is 145 Å². The predicted octanol–water partition coefficient (Wildman–Crippen LogP) is 11.2. The molecular formula is C43H34N4O. The molecule has 0 radical (unpaired) electrons. The monoisotopic (exact) mass is 622 g/mol. The average molecular weight is 623 g/mol. The lowest BCUT2D eigenvalue weighted by Crippen LogP contribution is -2.12. The minimum atomic E-state index is -0.101. The van der Waals surface area contributed by atoms with Gasteiger partial charge in [-0.1, -0.05) is 81.4 Å². The molecule has 232 valence electrons. The summed E-state index contributed by atoms with van der Waals surface area (Å²) in [6, 6.07) is 42.5. The van der Waals surface area contributed by atoms with Crippen molar-refractivity contribution >= 4 is 49.3 Å². The molecule has 5 heteroatoms. The number of hydrogen-bond acceptors (Lipinski definition) is 3. The number of fused-ring (bicyclic) bond motifs is 9. The molecule has 9 rings (SSSR count). The van der Waals surface area contributed by atoms with Crippen LogP contribution in [0.3, 0.4) is 0 Å². The van der Waals surface area contributed by atoms with Gasteiger partial charge in [-0.3, -0.25) is 8.97 Å². The van der Waals surface area contributed by atoms with Crippen molar-refractivity contribution in [2.45, 2.75) is 33.1 Å². The SMILES string of the molecule is Cc1ccccc1-c1cn2c3ccccc3c3ccc(Oc4cc(-n5c6ccccc6c6cccnc65)cc(C(C)(C)C)c4)cc3c2n1. The molecule has 0 aliphatic rings. The molecule has 4 aromatic heterocycles. The van der Waals surface area contributed by atoms with Gasteiger partial charge in [0.25, 0.3) is 0 Å². The molecule has 0 bridgehead atoms. The van der Waals surface area contributed by atoms with Gasteiger partial charge in [0.15, 0.2) is 0 Å². The second-order valence-electron chi connectivity index (χ2n) is 13.7. The van der Waals surface area contributed by atoms with Crippen LogP contribution in [0.4, 0.5) is 0 Å². The van der Waals surface area contributed by atoms with E-state index in [2.05, 4.69) is 158 Å². The molecule has 0 atom stereocenters. The number of para-hydroxylation sites is 2. The maximum Gasteiger partial charge on any atom is 0.146 e. The summed E-state index contributed by atoms with van der Waals surface area (Å²) in [6.07, 6.45) is 4.02. The van der Waals surface area contributed by atoms with Gasteiger partial charge in [0.1, 0.15) is 22.8 Å². The minimum Gasteiger partial charge on any atom is -0.457 e. The Morgan fingerprint density at radius 3 is 2.15 bits per heavy atom. The fourth-order valence-corrected chi connectivity index (χ4v) is 7.06. The third-order valence-electron chi connectivity index (χ3n) is 9.50. The third-order valence-corrected chi connectivity index (χ3v) is 9.50. The molecule has 0 aliphatic carbocycles. The first-order chi connectivity index (χ1) is 23.3. The highest BCUT2D eigenvalue weighted by atomic mass is 16.5. The Balaban J connectivity index is 1.23. The van der Waals surface area contributed by atoms with Crippen molar-refractivity contribution in [1.29, 1.82) is 0 Å². The van der Waals surface area contributed by atoms with E-state index in [-0.39, 0.29) is 5.41 Å². The van der Waals surface area contributed by atoms with Crippen molar-refractivity contribution in [3.8, 4) is 28.4 Å². The maximum atomic E-state index is 6.79. The van der Waals surface area contributed by atoms with Gasteiger partial charge in [-0.2, -0.15) is 0 Å². The Morgan fingerprint density at radius 1 is 0.604 bits per heavy atom. The summed E-state index contributed by atoms with van der Waals surface area (Å²) in [5.74, 6) is 1.54. The highest BCUT2D eigenvalue weighted by Gasteiger charge is 2.20. The van der Waals surface area contributed by atoms with Crippen LogP contribution in [0.1, 0.15) is 31.9 Å². The molecule has 0 unspecified atom stereocenters. The molecule has 0 saturated heterocycles. The Hall–Kier alpha value is -5.94. The Bertz CT molecular complexity index is 2650. The van der Waals surface area contributed by atoms with E-state index in [9.17, 15) is 0 Å². The molecule has 0 amide bonds. The molecule has 5 nitrogen and oxygen atoms in total. The molecule has 0 N–H and O–H groups in total. The van der Waals surface area contributed by atoms with Crippen molar-refractivity contribution in [1.82, 2.24) is 18.9 Å². The standard InChI is InChI=1S/C43H34N4O/c1-27-12-5-6-13-32(27)38-26-46-39-17-9-7-14-34(39)33-20-19-30(25-37(33)42(46)45-38)48-31-23-28(43(2,3)4)22-29(24-31)47-40-18-10-8-15-35(40)36-16-11-21-44-41(36)47/h5-26H,1-4H3. The number of benzene rings is 5. The molecule has 48 heavy (non-hydrogen) atoms. The lowest BCUT2D eigenvalue weighted by atomic mass is 9.86. The van der Waals surface area contributed by atoms with Gasteiger partial charge < -0.3 is 4.74 Å². The Labute approximate surface area is 278 Å². The number of aromatic nitrogens is 4. The van der Waals surface area contributed by atoms with Crippen molar-refractivity contribution in [2.75, 3.05) is 0 Å². The number of hydrogen-bond donors (Lipinski definition) is 0. The summed E-state index contributed by atoms with van der Waals surface area (Å²) in [5.41, 5.74) is 9.48. The number of ether oxygens (including phenoxy) is 1. The first-order valence-corrected chi connectivity index (χ1v) is 16.4. The van der Waals surface area contributed by atoms with Crippen molar-refractivity contribution in [2.24, 2.45) is 0 Å². The van der Waals surface area contributed by atoms with E-state index in [0.717, 1.165) is 66.9 Å². The summed E-state index contributed by atoms with van der Waals surface area (Å²) >= 11 is 0. The van der Waals surface area contributed by atoms with Gasteiger partial charge in [-0.15, -0.1) is 0 Å². The summed E-state index contributed by atoms with van der Waals surface area (Å²) in [7, 11) is 0. The van der Waals surface area contributed by atoms with Crippen LogP contribution < -0.4 is 4.74 Å². The summed E-state index contributed by atoms with van der Waals surface area (Å²) < 4.78 is 11.3. The minimum absolute atomic E-state index is 0.101. The second-order valence-corrected chi connectivity index (χ2v) is 13.7. The zero-order valence-corrected chi connectivity index (χ0v) is 27.4. The highest BCUT2D eigenvalue weighted by molar-refractivity contribution is 6.12. The fraction of sp³-hybridized carbons (Fsp3) is 0.116. The second kappa shape index (κ2) is 10.5. The molecule has 5 aromatic carbocycles. The summed E-state index contributed by atoms with van der Waals surface area (Å²) in [6.45, 7) is 8.85. The number of aryl methyl sites for hydroxylation is 1. The van der Waals surface area contributed by atoms with Gasteiger partial charge in [0.05, 0.1) is 22.4 Å². The van der Waals surface area contributed by atoms with Gasteiger partial charge >= 0.3 is 0 Å². The van der Waals surface area contributed by atoms with Crippen molar-refractivity contribution < 1.29 is 4.74 Å². The van der Waals surface area contributed by atoms with Crippen LogP contribution in [0, 0.1) is 6.92 Å². The van der Waals surface area contributed by atoms with Crippen molar-refractivity contribution in [3.63, 3.8) is 0 Å².